The lowest BCUT2D eigenvalue weighted by molar-refractivity contribution is -2.00. The van der Waals surface area contributed by atoms with Gasteiger partial charge < -0.3 is 4.74 Å². The number of nitrogens with one attached hydrogen (secondary N) is 1. The Labute approximate surface area is 178 Å². The van der Waals surface area contributed by atoms with Crippen LogP contribution in [-0.4, -0.2) is 17.6 Å². The summed E-state index contributed by atoms with van der Waals surface area (Å²) in [7, 11) is -4.94. The van der Waals surface area contributed by atoms with Gasteiger partial charge in [0.1, 0.15) is 16.8 Å². The molecule has 30 heavy (non-hydrogen) atoms. The van der Waals surface area contributed by atoms with E-state index >= 15 is 0 Å². The standard InChI is InChI=1S/C19H17N3O2S.ClHO4/c1-3-24-18(23)16-12(2)21-19-22(14-8-4-5-9-15(14)25-19)17(16)13-7-6-10-20-11-13;2-1(3,4)5/h4-11,17H,3H2,1-2H3;(H,2,3,4,5)/t17-;/m1./s1. The Balaban J connectivity index is 0.000000461. The van der Waals surface area contributed by atoms with Crippen LogP contribution in [0.15, 0.2) is 60.1 Å². The summed E-state index contributed by atoms with van der Waals surface area (Å²) in [6.07, 6.45) is 3.55. The summed E-state index contributed by atoms with van der Waals surface area (Å²) in [6.45, 7) is 4.09. The van der Waals surface area contributed by atoms with Gasteiger partial charge in [-0.3, -0.25) is 4.98 Å². The van der Waals surface area contributed by atoms with E-state index in [1.54, 1.807) is 17.5 Å². The van der Waals surface area contributed by atoms with Crippen molar-refractivity contribution >= 4 is 32.7 Å². The van der Waals surface area contributed by atoms with E-state index in [4.69, 9.17) is 23.4 Å². The topological polar surface area (TPSA) is 147 Å². The first-order valence-electron chi connectivity index (χ1n) is 8.80. The summed E-state index contributed by atoms with van der Waals surface area (Å²) in [5.41, 5.74) is 3.48. The van der Waals surface area contributed by atoms with E-state index < -0.39 is 10.2 Å². The minimum Gasteiger partial charge on any atom is -0.462 e. The molecule has 3 heterocycles. The smallest absolute Gasteiger partial charge is 0.342 e. The molecule has 0 radical (unpaired) electrons. The highest BCUT2D eigenvalue weighted by molar-refractivity contribution is 7.21. The number of hydrogen-bond acceptors (Lipinski definition) is 9. The van der Waals surface area contributed by atoms with Gasteiger partial charge in [0.15, 0.2) is 6.04 Å². The summed E-state index contributed by atoms with van der Waals surface area (Å²) in [5, 5.41) is 4.38. The summed E-state index contributed by atoms with van der Waals surface area (Å²) in [4.78, 5) is 17.0. The molecule has 9 nitrogen and oxygen atoms in total. The van der Waals surface area contributed by atoms with Crippen molar-refractivity contribution in [2.75, 3.05) is 11.9 Å². The number of rotatable bonds is 3. The first-order chi connectivity index (χ1) is 14.2. The van der Waals surface area contributed by atoms with Crippen LogP contribution in [0.2, 0.25) is 0 Å². The van der Waals surface area contributed by atoms with Crippen LogP contribution in [0.4, 0.5) is 5.13 Å². The van der Waals surface area contributed by atoms with Gasteiger partial charge in [-0.2, -0.15) is 0 Å². The molecule has 3 aromatic rings. The van der Waals surface area contributed by atoms with Crippen molar-refractivity contribution in [3.63, 3.8) is 0 Å². The summed E-state index contributed by atoms with van der Waals surface area (Å²) < 4.78 is 42.6. The molecule has 0 aliphatic carbocycles. The number of hydrogen-bond donors (Lipinski definition) is 1. The highest BCUT2D eigenvalue weighted by Crippen LogP contribution is 2.36. The predicted octanol–water partition coefficient (Wildman–Crippen LogP) is -1.32. The van der Waals surface area contributed by atoms with E-state index in [-0.39, 0.29) is 12.0 Å². The van der Waals surface area contributed by atoms with Crippen LogP contribution in [0, 0.1) is 10.2 Å². The number of esters is 1. The number of carbonyl (C=O) groups is 1. The van der Waals surface area contributed by atoms with Crippen LogP contribution in [0.1, 0.15) is 25.5 Å². The lowest BCUT2D eigenvalue weighted by atomic mass is 9.96. The number of anilines is 1. The summed E-state index contributed by atoms with van der Waals surface area (Å²) >= 11 is 1.67. The van der Waals surface area contributed by atoms with Gasteiger partial charge in [0.2, 0.25) is 0 Å². The number of aromatic nitrogens is 2. The van der Waals surface area contributed by atoms with Gasteiger partial charge in [-0.05, 0) is 43.4 Å². The molecule has 1 aliphatic rings. The number of nitrogens with zero attached hydrogens (tertiary/aromatic N) is 2. The predicted molar refractivity (Wildman–Crippen MR) is 97.4 cm³/mol. The second-order valence-corrected chi connectivity index (χ2v) is 7.98. The molecule has 0 spiro atoms. The number of carbonyl (C=O) groups excluding carboxylic acids is 1. The SMILES string of the molecule is CCOC(=O)C1=C(C)Nc2sc3ccccc3[n+]2[C@@H]1c1cccnc1.[O-][Cl+3]([O-])([O-])[O-]. The van der Waals surface area contributed by atoms with Crippen molar-refractivity contribution in [3.05, 3.63) is 65.6 Å². The second-order valence-electron chi connectivity index (χ2n) is 6.20. The minimum absolute atomic E-state index is 0.264. The molecule has 1 atom stereocenters. The van der Waals surface area contributed by atoms with Gasteiger partial charge in [-0.15, -0.1) is 10.2 Å². The van der Waals surface area contributed by atoms with Gasteiger partial charge in [0, 0.05) is 18.0 Å². The number of thiazole rings is 1. The molecule has 0 bridgehead atoms. The van der Waals surface area contributed by atoms with E-state index in [1.165, 1.54) is 0 Å². The molecule has 158 valence electrons. The number of allylic oxidation sites excluding steroid dienone is 1. The number of fused-ring (bicyclic) bond motifs is 3. The zero-order valence-corrected chi connectivity index (χ0v) is 17.6. The fraction of sp³-hybridized carbons (Fsp3) is 0.211. The first kappa shape index (κ1) is 22.1. The third-order valence-corrected chi connectivity index (χ3v) is 5.33. The fourth-order valence-electron chi connectivity index (χ4n) is 3.24. The van der Waals surface area contributed by atoms with Crippen LogP contribution in [0.25, 0.3) is 10.2 Å². The quantitative estimate of drug-likeness (QED) is 0.381. The third-order valence-electron chi connectivity index (χ3n) is 4.28. The number of ether oxygens (including phenoxy) is 1. The molecule has 0 unspecified atom stereocenters. The van der Waals surface area contributed by atoms with E-state index in [9.17, 15) is 4.79 Å². The highest BCUT2D eigenvalue weighted by Gasteiger charge is 2.40. The first-order valence-corrected chi connectivity index (χ1v) is 10.9. The van der Waals surface area contributed by atoms with Crippen molar-refractivity contribution in [1.29, 1.82) is 0 Å². The Morgan fingerprint density at radius 1 is 1.23 bits per heavy atom. The van der Waals surface area contributed by atoms with Crippen molar-refractivity contribution in [2.24, 2.45) is 0 Å². The van der Waals surface area contributed by atoms with E-state index in [2.05, 4.69) is 27.0 Å². The average Bonchev–Trinajstić information content (AvgIpc) is 3.04. The van der Waals surface area contributed by atoms with Crippen LogP contribution >= 0.6 is 11.3 Å². The highest BCUT2D eigenvalue weighted by atomic mass is 35.7. The van der Waals surface area contributed by atoms with Crippen molar-refractivity contribution in [2.45, 2.75) is 19.9 Å². The fourth-order valence-corrected chi connectivity index (χ4v) is 4.37. The van der Waals surface area contributed by atoms with Crippen LogP contribution < -0.4 is 28.5 Å². The molecular formula is C19H18ClN3O6S. The Morgan fingerprint density at radius 3 is 2.57 bits per heavy atom. The molecule has 1 N–H and O–H groups in total. The molecule has 11 heteroatoms. The second kappa shape index (κ2) is 9.04. The lowest BCUT2D eigenvalue weighted by Gasteiger charge is -2.23. The number of para-hydroxylation sites is 1. The average molecular weight is 452 g/mol. The monoisotopic (exact) mass is 451 g/mol. The Morgan fingerprint density at radius 2 is 1.93 bits per heavy atom. The summed E-state index contributed by atoms with van der Waals surface area (Å²) in [6, 6.07) is 11.8. The molecule has 2 aromatic heterocycles. The largest absolute Gasteiger partial charge is 0.462 e. The maximum atomic E-state index is 12.7. The van der Waals surface area contributed by atoms with Gasteiger partial charge in [-0.1, -0.05) is 18.2 Å². The number of pyridine rings is 1. The zero-order chi connectivity index (χ0) is 21.9. The molecule has 4 rings (SSSR count). The molecular weight excluding hydrogens is 434 g/mol. The number of benzene rings is 1. The Kier molecular flexibility index (Phi) is 6.66. The molecule has 0 saturated heterocycles. The summed E-state index contributed by atoms with van der Waals surface area (Å²) in [5.74, 6) is -0.296. The van der Waals surface area contributed by atoms with E-state index in [0.717, 1.165) is 26.6 Å². The number of halogens is 1. The third kappa shape index (κ3) is 4.93. The van der Waals surface area contributed by atoms with Gasteiger partial charge in [0.05, 0.1) is 11.3 Å². The molecule has 1 aliphatic heterocycles. The van der Waals surface area contributed by atoms with Gasteiger partial charge >= 0.3 is 11.1 Å². The van der Waals surface area contributed by atoms with E-state index in [0.29, 0.717) is 12.2 Å². The Bertz CT molecular complexity index is 1070. The van der Waals surface area contributed by atoms with Gasteiger partial charge in [-0.25, -0.2) is 33.3 Å². The van der Waals surface area contributed by atoms with Crippen molar-refractivity contribution in [3.8, 4) is 0 Å². The van der Waals surface area contributed by atoms with Crippen LogP contribution in [0.5, 0.6) is 0 Å². The maximum absolute atomic E-state index is 12.7. The molecule has 1 aromatic carbocycles. The molecule has 0 saturated carbocycles. The van der Waals surface area contributed by atoms with Crippen molar-refractivity contribution in [1.82, 2.24) is 4.98 Å². The van der Waals surface area contributed by atoms with Crippen molar-refractivity contribution < 1.29 is 43.0 Å². The van der Waals surface area contributed by atoms with Gasteiger partial charge in [0.25, 0.3) is 0 Å². The Hall–Kier alpha value is -2.60. The van der Waals surface area contributed by atoms with Crippen LogP contribution in [0.3, 0.4) is 0 Å². The minimum atomic E-state index is -4.94. The normalized spacial score (nSPS) is 15.7. The zero-order valence-electron chi connectivity index (χ0n) is 16.0. The maximum Gasteiger partial charge on any atom is 0.342 e. The molecule has 0 amide bonds. The lowest BCUT2D eigenvalue weighted by Crippen LogP contribution is -2.68. The van der Waals surface area contributed by atoms with Crippen LogP contribution in [-0.2, 0) is 9.53 Å². The molecule has 0 fully saturated rings. The van der Waals surface area contributed by atoms with E-state index in [1.807, 2.05) is 44.3 Å².